The third-order valence-electron chi connectivity index (χ3n) is 3.20. The Bertz CT molecular complexity index is 729. The van der Waals surface area contributed by atoms with Crippen LogP contribution in [0.2, 0.25) is 0 Å². The number of nitrogens with zero attached hydrogens (tertiary/aromatic N) is 2. The van der Waals surface area contributed by atoms with Gasteiger partial charge in [-0.15, -0.1) is 0 Å². The molecular formula is C18H18N4O4. The monoisotopic (exact) mass is 354 g/mol. The van der Waals surface area contributed by atoms with Crippen LogP contribution in [0.5, 0.6) is 11.5 Å². The summed E-state index contributed by atoms with van der Waals surface area (Å²) in [5.41, 5.74) is 5.72. The fraction of sp³-hybridized carbons (Fsp3) is 0.111. The summed E-state index contributed by atoms with van der Waals surface area (Å²) in [6.45, 7) is 0. The van der Waals surface area contributed by atoms with E-state index >= 15 is 0 Å². The first kappa shape index (κ1) is 18.7. The molecule has 0 bridgehead atoms. The molecule has 8 heteroatoms. The summed E-state index contributed by atoms with van der Waals surface area (Å²) < 4.78 is 10.1. The van der Waals surface area contributed by atoms with Crippen molar-refractivity contribution in [1.82, 2.24) is 10.9 Å². The number of amides is 2. The van der Waals surface area contributed by atoms with Crippen LogP contribution in [0.25, 0.3) is 0 Å². The number of hydrogen-bond donors (Lipinski definition) is 2. The molecule has 0 aromatic heterocycles. The average Bonchev–Trinajstić information content (AvgIpc) is 2.68. The fourth-order valence-electron chi connectivity index (χ4n) is 1.81. The summed E-state index contributed by atoms with van der Waals surface area (Å²) >= 11 is 0. The highest BCUT2D eigenvalue weighted by Gasteiger charge is 2.10. The maximum absolute atomic E-state index is 11.6. The highest BCUT2D eigenvalue weighted by Crippen LogP contribution is 2.10. The Morgan fingerprint density at radius 1 is 0.731 bits per heavy atom. The van der Waals surface area contributed by atoms with Gasteiger partial charge in [0.25, 0.3) is 0 Å². The minimum atomic E-state index is -0.929. The lowest BCUT2D eigenvalue weighted by molar-refractivity contribution is -0.139. The van der Waals surface area contributed by atoms with Gasteiger partial charge in [-0.05, 0) is 59.7 Å². The summed E-state index contributed by atoms with van der Waals surface area (Å²) in [4.78, 5) is 23.2. The summed E-state index contributed by atoms with van der Waals surface area (Å²) in [7, 11) is 3.14. The predicted molar refractivity (Wildman–Crippen MR) is 97.5 cm³/mol. The maximum atomic E-state index is 11.6. The molecule has 0 fully saturated rings. The third kappa shape index (κ3) is 5.75. The Balaban J connectivity index is 1.79. The van der Waals surface area contributed by atoms with Crippen molar-refractivity contribution in [3.8, 4) is 11.5 Å². The van der Waals surface area contributed by atoms with Crippen LogP contribution in [-0.4, -0.2) is 38.5 Å². The number of ether oxygens (including phenoxy) is 2. The molecule has 0 heterocycles. The average molecular weight is 354 g/mol. The molecule has 2 aromatic carbocycles. The van der Waals surface area contributed by atoms with Gasteiger partial charge in [-0.2, -0.15) is 10.2 Å². The molecule has 0 saturated heterocycles. The summed E-state index contributed by atoms with van der Waals surface area (Å²) in [6, 6.07) is 14.0. The molecule has 0 unspecified atom stereocenters. The maximum Gasteiger partial charge on any atom is 0.331 e. The van der Waals surface area contributed by atoms with Crippen molar-refractivity contribution >= 4 is 24.2 Å². The van der Waals surface area contributed by atoms with Gasteiger partial charge < -0.3 is 9.47 Å². The molecule has 2 aromatic rings. The third-order valence-corrected chi connectivity index (χ3v) is 3.20. The van der Waals surface area contributed by atoms with Crippen LogP contribution in [0, 0.1) is 0 Å². The van der Waals surface area contributed by atoms with E-state index in [0.29, 0.717) is 11.5 Å². The van der Waals surface area contributed by atoms with Crippen molar-refractivity contribution in [2.75, 3.05) is 14.2 Å². The number of methoxy groups -OCH3 is 2. The molecule has 0 saturated carbocycles. The number of carbonyl (C=O) groups excluding carboxylic acids is 2. The lowest BCUT2D eigenvalue weighted by atomic mass is 10.2. The van der Waals surface area contributed by atoms with E-state index in [9.17, 15) is 9.59 Å². The number of nitrogens with one attached hydrogen (secondary N) is 2. The molecule has 0 aliphatic heterocycles. The Hall–Kier alpha value is -3.68. The van der Waals surface area contributed by atoms with E-state index in [0.717, 1.165) is 11.1 Å². The van der Waals surface area contributed by atoms with Crippen molar-refractivity contribution in [3.05, 3.63) is 59.7 Å². The van der Waals surface area contributed by atoms with Gasteiger partial charge in [0.05, 0.1) is 26.6 Å². The minimum Gasteiger partial charge on any atom is -0.497 e. The number of hydrogen-bond acceptors (Lipinski definition) is 6. The predicted octanol–water partition coefficient (Wildman–Crippen LogP) is 1.30. The molecule has 134 valence electrons. The second-order valence-corrected chi connectivity index (χ2v) is 4.94. The molecular weight excluding hydrogens is 336 g/mol. The van der Waals surface area contributed by atoms with Crippen molar-refractivity contribution in [1.29, 1.82) is 0 Å². The first-order valence-corrected chi connectivity index (χ1v) is 7.57. The normalized spacial score (nSPS) is 10.7. The van der Waals surface area contributed by atoms with Gasteiger partial charge in [-0.25, -0.2) is 10.9 Å². The van der Waals surface area contributed by atoms with Crippen LogP contribution in [0.4, 0.5) is 0 Å². The molecule has 0 atom stereocenters. The van der Waals surface area contributed by atoms with Gasteiger partial charge in [-0.3, -0.25) is 9.59 Å². The van der Waals surface area contributed by atoms with Crippen molar-refractivity contribution < 1.29 is 19.1 Å². The van der Waals surface area contributed by atoms with Crippen LogP contribution in [0.15, 0.2) is 58.7 Å². The quantitative estimate of drug-likeness (QED) is 0.464. The Morgan fingerprint density at radius 2 is 1.08 bits per heavy atom. The highest BCUT2D eigenvalue weighted by molar-refractivity contribution is 6.35. The first-order chi connectivity index (χ1) is 12.6. The van der Waals surface area contributed by atoms with Crippen molar-refractivity contribution in [2.45, 2.75) is 0 Å². The van der Waals surface area contributed by atoms with Crippen LogP contribution < -0.4 is 20.3 Å². The zero-order valence-corrected chi connectivity index (χ0v) is 14.3. The van der Waals surface area contributed by atoms with Crippen LogP contribution in [0.1, 0.15) is 11.1 Å². The second kappa shape index (κ2) is 9.58. The Kier molecular flexibility index (Phi) is 6.87. The van der Waals surface area contributed by atoms with E-state index in [1.54, 1.807) is 62.8 Å². The standard InChI is InChI=1S/C18H18N4O4/c1-25-15-7-3-13(4-8-15)11-19-21-17(23)18(24)22-20-12-14-5-9-16(26-2)10-6-14/h3-12H,1-2H3,(H,21,23)(H,22,24). The number of hydrazone groups is 2. The molecule has 0 aliphatic carbocycles. The molecule has 2 amide bonds. The van der Waals surface area contributed by atoms with Gasteiger partial charge >= 0.3 is 11.8 Å². The number of benzene rings is 2. The first-order valence-electron chi connectivity index (χ1n) is 7.57. The summed E-state index contributed by atoms with van der Waals surface area (Å²) in [6.07, 6.45) is 2.82. The smallest absolute Gasteiger partial charge is 0.331 e. The lowest BCUT2D eigenvalue weighted by Gasteiger charge is -2.00. The Morgan fingerprint density at radius 3 is 1.38 bits per heavy atom. The van der Waals surface area contributed by atoms with Gasteiger partial charge in [0.2, 0.25) is 0 Å². The van der Waals surface area contributed by atoms with Gasteiger partial charge in [-0.1, -0.05) is 0 Å². The van der Waals surface area contributed by atoms with E-state index < -0.39 is 11.8 Å². The lowest BCUT2D eigenvalue weighted by Crippen LogP contribution is -2.35. The van der Waals surface area contributed by atoms with Gasteiger partial charge in [0.1, 0.15) is 11.5 Å². The van der Waals surface area contributed by atoms with Crippen molar-refractivity contribution in [3.63, 3.8) is 0 Å². The molecule has 26 heavy (non-hydrogen) atoms. The molecule has 2 rings (SSSR count). The largest absolute Gasteiger partial charge is 0.497 e. The summed E-state index contributed by atoms with van der Waals surface area (Å²) in [5.74, 6) is -0.441. The summed E-state index contributed by atoms with van der Waals surface area (Å²) in [5, 5.41) is 7.42. The van der Waals surface area contributed by atoms with E-state index in [-0.39, 0.29) is 0 Å². The fourth-order valence-corrected chi connectivity index (χ4v) is 1.81. The van der Waals surface area contributed by atoms with E-state index in [2.05, 4.69) is 21.1 Å². The second-order valence-electron chi connectivity index (χ2n) is 4.94. The van der Waals surface area contributed by atoms with E-state index in [1.165, 1.54) is 12.4 Å². The van der Waals surface area contributed by atoms with E-state index in [4.69, 9.17) is 9.47 Å². The Labute approximate surface area is 150 Å². The van der Waals surface area contributed by atoms with Gasteiger partial charge in [0.15, 0.2) is 0 Å². The SMILES string of the molecule is COc1ccc(C=NNC(=O)C(=O)NN=Cc2ccc(OC)cc2)cc1. The van der Waals surface area contributed by atoms with Crippen LogP contribution in [0.3, 0.4) is 0 Å². The molecule has 2 N–H and O–H groups in total. The van der Waals surface area contributed by atoms with Crippen LogP contribution >= 0.6 is 0 Å². The number of rotatable bonds is 6. The zero-order valence-electron chi connectivity index (χ0n) is 14.3. The van der Waals surface area contributed by atoms with Gasteiger partial charge in [0, 0.05) is 0 Å². The van der Waals surface area contributed by atoms with Crippen molar-refractivity contribution in [2.24, 2.45) is 10.2 Å². The molecule has 0 aliphatic rings. The number of carbonyl (C=O) groups is 2. The minimum absolute atomic E-state index is 0.709. The topological polar surface area (TPSA) is 101 Å². The zero-order chi connectivity index (χ0) is 18.8. The molecule has 8 nitrogen and oxygen atoms in total. The molecule has 0 radical (unpaired) electrons. The highest BCUT2D eigenvalue weighted by atomic mass is 16.5. The van der Waals surface area contributed by atoms with E-state index in [1.807, 2.05) is 0 Å². The van der Waals surface area contributed by atoms with Crippen LogP contribution in [-0.2, 0) is 9.59 Å². The molecule has 0 spiro atoms.